The number of piperidine rings is 1. The van der Waals surface area contributed by atoms with Gasteiger partial charge in [-0.3, -0.25) is 9.69 Å². The summed E-state index contributed by atoms with van der Waals surface area (Å²) in [4.78, 5) is 26.3. The third-order valence-electron chi connectivity index (χ3n) is 5.69. The first-order valence-corrected chi connectivity index (χ1v) is 10.1. The number of amides is 2. The Morgan fingerprint density at radius 1 is 1.35 bits per heavy atom. The Kier molecular flexibility index (Phi) is 5.97. The van der Waals surface area contributed by atoms with E-state index in [4.69, 9.17) is 10.00 Å². The number of H-pyrrole nitrogens is 1. The summed E-state index contributed by atoms with van der Waals surface area (Å²) < 4.78 is 20.2. The van der Waals surface area contributed by atoms with Gasteiger partial charge in [0.25, 0.3) is 0 Å². The molecule has 1 atom stereocenters. The van der Waals surface area contributed by atoms with Crippen LogP contribution < -0.4 is 15.1 Å². The molecular formula is C20H22FN7O3. The average molecular weight is 427 g/mol. The molecule has 2 saturated heterocycles. The Bertz CT molecular complexity index is 997. The molecule has 1 aromatic heterocycles. The van der Waals surface area contributed by atoms with E-state index in [0.29, 0.717) is 48.9 Å². The van der Waals surface area contributed by atoms with Crippen molar-refractivity contribution in [2.75, 3.05) is 34.8 Å². The molecular weight excluding hydrogens is 405 g/mol. The van der Waals surface area contributed by atoms with Crippen LogP contribution in [0, 0.1) is 23.1 Å². The number of aromatic amines is 1. The summed E-state index contributed by atoms with van der Waals surface area (Å²) in [5.41, 5.74) is 1.38. The zero-order chi connectivity index (χ0) is 21.8. The molecule has 1 aromatic carbocycles. The van der Waals surface area contributed by atoms with Crippen LogP contribution >= 0.6 is 0 Å². The molecule has 0 saturated carbocycles. The van der Waals surface area contributed by atoms with E-state index in [1.165, 1.54) is 11.0 Å². The van der Waals surface area contributed by atoms with E-state index < -0.39 is 18.0 Å². The number of aromatic nitrogens is 3. The summed E-state index contributed by atoms with van der Waals surface area (Å²) in [7, 11) is 0. The molecule has 2 aromatic rings. The van der Waals surface area contributed by atoms with Gasteiger partial charge in [0, 0.05) is 25.9 Å². The maximum absolute atomic E-state index is 14.9. The van der Waals surface area contributed by atoms with Crippen molar-refractivity contribution in [1.82, 2.24) is 15.4 Å². The number of nitrogens with zero attached hydrogens (tertiary/aromatic N) is 5. The number of rotatable bonds is 7. The molecule has 11 heteroatoms. The van der Waals surface area contributed by atoms with Crippen LogP contribution in [0.4, 0.5) is 26.4 Å². The summed E-state index contributed by atoms with van der Waals surface area (Å²) in [5, 5.41) is 21.5. The number of cyclic esters (lactones) is 1. The first-order chi connectivity index (χ1) is 15.1. The molecule has 0 aliphatic carbocycles. The molecule has 2 aliphatic heterocycles. The number of nitrogens with one attached hydrogen (secondary N) is 2. The lowest BCUT2D eigenvalue weighted by molar-refractivity contribution is -0.105. The molecule has 2 N–H and O–H groups in total. The van der Waals surface area contributed by atoms with Crippen LogP contribution in [-0.2, 0) is 16.0 Å². The van der Waals surface area contributed by atoms with Gasteiger partial charge in [0.2, 0.25) is 6.41 Å². The molecule has 162 valence electrons. The van der Waals surface area contributed by atoms with Gasteiger partial charge in [0.1, 0.15) is 17.6 Å². The number of carbonyl (C=O) groups is 2. The predicted molar refractivity (Wildman–Crippen MR) is 109 cm³/mol. The van der Waals surface area contributed by atoms with E-state index in [-0.39, 0.29) is 18.8 Å². The summed E-state index contributed by atoms with van der Waals surface area (Å²) in [6.07, 6.45) is 1.93. The van der Waals surface area contributed by atoms with Crippen molar-refractivity contribution in [2.45, 2.75) is 31.8 Å². The predicted octanol–water partition coefficient (Wildman–Crippen LogP) is 2.21. The van der Waals surface area contributed by atoms with Gasteiger partial charge in [-0.2, -0.15) is 15.6 Å². The molecule has 0 spiro atoms. The molecule has 4 rings (SSSR count). The first-order valence-electron chi connectivity index (χ1n) is 10.1. The van der Waals surface area contributed by atoms with Crippen LogP contribution in [0.3, 0.4) is 0 Å². The van der Waals surface area contributed by atoms with Gasteiger partial charge in [-0.25, -0.2) is 9.18 Å². The number of benzene rings is 1. The summed E-state index contributed by atoms with van der Waals surface area (Å²) >= 11 is 0. The van der Waals surface area contributed by atoms with Crippen molar-refractivity contribution in [3.05, 3.63) is 29.7 Å². The largest absolute Gasteiger partial charge is 0.444 e. The molecule has 10 nitrogen and oxygen atoms in total. The fourth-order valence-electron chi connectivity index (χ4n) is 4.05. The van der Waals surface area contributed by atoms with Crippen LogP contribution in [0.1, 0.15) is 25.0 Å². The van der Waals surface area contributed by atoms with Gasteiger partial charge >= 0.3 is 6.09 Å². The lowest BCUT2D eigenvalue weighted by Crippen LogP contribution is -2.34. The fourth-order valence-corrected chi connectivity index (χ4v) is 4.05. The second-order valence-corrected chi connectivity index (χ2v) is 7.63. The van der Waals surface area contributed by atoms with Crippen molar-refractivity contribution in [3.8, 4) is 6.07 Å². The van der Waals surface area contributed by atoms with E-state index in [1.54, 1.807) is 12.1 Å². The molecule has 2 fully saturated rings. The maximum Gasteiger partial charge on any atom is 0.414 e. The normalized spacial score (nSPS) is 19.2. The lowest BCUT2D eigenvalue weighted by atomic mass is 9.94. The average Bonchev–Trinajstić information content (AvgIpc) is 3.35. The van der Waals surface area contributed by atoms with E-state index in [2.05, 4.69) is 26.8 Å². The lowest BCUT2D eigenvalue weighted by Gasteiger charge is -2.33. The number of halogens is 1. The minimum atomic E-state index is -0.567. The number of ether oxygens (including phenoxy) is 1. The fraction of sp³-hybridized carbons (Fsp3) is 0.450. The maximum atomic E-state index is 14.9. The minimum absolute atomic E-state index is 0.227. The molecule has 3 heterocycles. The van der Waals surface area contributed by atoms with Crippen molar-refractivity contribution in [2.24, 2.45) is 5.92 Å². The van der Waals surface area contributed by atoms with E-state index >= 15 is 0 Å². The highest BCUT2D eigenvalue weighted by atomic mass is 19.1. The summed E-state index contributed by atoms with van der Waals surface area (Å²) in [6, 6.07) is 6.93. The van der Waals surface area contributed by atoms with Crippen LogP contribution in [0.2, 0.25) is 0 Å². The molecule has 2 amide bonds. The van der Waals surface area contributed by atoms with Crippen LogP contribution in [0.5, 0.6) is 0 Å². The van der Waals surface area contributed by atoms with Gasteiger partial charge in [-0.15, -0.1) is 5.10 Å². The first kappa shape index (κ1) is 20.6. The highest BCUT2D eigenvalue weighted by molar-refractivity contribution is 5.90. The zero-order valence-electron chi connectivity index (χ0n) is 16.8. The number of hydrogen-bond donors (Lipinski definition) is 2. The quantitative estimate of drug-likeness (QED) is 0.649. The molecule has 31 heavy (non-hydrogen) atoms. The molecule has 0 radical (unpaired) electrons. The number of nitriles is 1. The molecule has 2 aliphatic rings. The van der Waals surface area contributed by atoms with Crippen LogP contribution in [0.25, 0.3) is 0 Å². The van der Waals surface area contributed by atoms with Gasteiger partial charge in [-0.1, -0.05) is 0 Å². The Morgan fingerprint density at radius 3 is 2.87 bits per heavy atom. The van der Waals surface area contributed by atoms with Gasteiger partial charge in [0.15, 0.2) is 5.82 Å². The van der Waals surface area contributed by atoms with Crippen molar-refractivity contribution < 1.29 is 18.7 Å². The Hall–Kier alpha value is -3.68. The van der Waals surface area contributed by atoms with E-state index in [9.17, 15) is 14.0 Å². The second kappa shape index (κ2) is 8.99. The molecule has 0 bridgehead atoms. The minimum Gasteiger partial charge on any atom is -0.444 e. The third-order valence-corrected chi connectivity index (χ3v) is 5.69. The van der Waals surface area contributed by atoms with Gasteiger partial charge in [-0.05, 0) is 37.0 Å². The van der Waals surface area contributed by atoms with Crippen molar-refractivity contribution in [3.63, 3.8) is 0 Å². The number of hydrogen-bond acceptors (Lipinski definition) is 7. The van der Waals surface area contributed by atoms with Crippen LogP contribution in [0.15, 0.2) is 18.2 Å². The van der Waals surface area contributed by atoms with Crippen molar-refractivity contribution >= 4 is 29.7 Å². The summed E-state index contributed by atoms with van der Waals surface area (Å²) in [6.45, 7) is 1.63. The van der Waals surface area contributed by atoms with Gasteiger partial charge < -0.3 is 15.0 Å². The number of anilines is 3. The van der Waals surface area contributed by atoms with E-state index in [1.807, 2.05) is 4.90 Å². The highest BCUT2D eigenvalue weighted by Gasteiger charge is 2.34. The smallest absolute Gasteiger partial charge is 0.414 e. The Balaban J connectivity index is 1.41. The summed E-state index contributed by atoms with van der Waals surface area (Å²) in [5.74, 6) is 0.242. The monoisotopic (exact) mass is 427 g/mol. The zero-order valence-corrected chi connectivity index (χ0v) is 16.8. The Morgan fingerprint density at radius 2 is 2.16 bits per heavy atom. The van der Waals surface area contributed by atoms with E-state index in [0.717, 1.165) is 12.8 Å². The SMILES string of the molecule is N#CCC1CCN(c2ccc(N3CC(Cc4n[nH]nc4NC=O)OC3=O)cc2F)CC1. The highest BCUT2D eigenvalue weighted by Crippen LogP contribution is 2.31. The van der Waals surface area contributed by atoms with Crippen LogP contribution in [-0.4, -0.2) is 53.7 Å². The third kappa shape index (κ3) is 4.42. The topological polar surface area (TPSA) is 127 Å². The number of carbonyl (C=O) groups excluding carboxylic acids is 2. The van der Waals surface area contributed by atoms with Gasteiger partial charge in [0.05, 0.1) is 24.0 Å². The Labute approximate surface area is 178 Å². The standard InChI is InChI=1S/C20H22FN7O3/c21-16-9-14(1-2-18(16)27-7-4-13(3-6-22)5-8-27)28-11-15(31-20(28)30)10-17-19(23-12-29)25-26-24-17/h1-2,9,12-13,15H,3-5,7-8,10-11H2,(H2,23,24,25,26,29). The second-order valence-electron chi connectivity index (χ2n) is 7.63. The molecule has 1 unspecified atom stereocenters. The van der Waals surface area contributed by atoms with Crippen molar-refractivity contribution in [1.29, 1.82) is 5.26 Å².